The Balaban J connectivity index is 3.06. The molecular formula is C11H20N4O. The highest BCUT2D eigenvalue weighted by molar-refractivity contribution is 5.64. The molecule has 0 bridgehead atoms. The number of aromatic nitrogens is 1. The van der Waals surface area contributed by atoms with Crippen molar-refractivity contribution in [2.45, 2.75) is 19.9 Å². The van der Waals surface area contributed by atoms with E-state index < -0.39 is 0 Å². The van der Waals surface area contributed by atoms with Gasteiger partial charge in [-0.2, -0.15) is 4.98 Å². The van der Waals surface area contributed by atoms with Crippen molar-refractivity contribution in [2.24, 2.45) is 5.73 Å². The first-order valence-corrected chi connectivity index (χ1v) is 5.37. The van der Waals surface area contributed by atoms with E-state index >= 15 is 0 Å². The van der Waals surface area contributed by atoms with Gasteiger partial charge in [0.1, 0.15) is 0 Å². The minimum Gasteiger partial charge on any atom is -0.481 e. The number of pyridine rings is 1. The minimum atomic E-state index is 0.297. The van der Waals surface area contributed by atoms with Crippen molar-refractivity contribution in [2.75, 3.05) is 30.8 Å². The van der Waals surface area contributed by atoms with Gasteiger partial charge in [-0.05, 0) is 19.9 Å². The van der Waals surface area contributed by atoms with Gasteiger partial charge in [-0.1, -0.05) is 0 Å². The highest BCUT2D eigenvalue weighted by atomic mass is 16.5. The van der Waals surface area contributed by atoms with E-state index in [-0.39, 0.29) is 0 Å². The van der Waals surface area contributed by atoms with Gasteiger partial charge >= 0.3 is 0 Å². The van der Waals surface area contributed by atoms with Crippen molar-refractivity contribution in [1.29, 1.82) is 0 Å². The van der Waals surface area contributed by atoms with Crippen molar-refractivity contribution >= 4 is 11.5 Å². The van der Waals surface area contributed by atoms with Crippen LogP contribution in [0.5, 0.6) is 5.88 Å². The fourth-order valence-electron chi connectivity index (χ4n) is 1.53. The Morgan fingerprint density at radius 1 is 1.44 bits per heavy atom. The maximum absolute atomic E-state index is 5.91. The SMILES string of the molecule is COc1ccc(N)c(N(CCN)C(C)C)n1. The Bertz CT molecular complexity index is 341. The predicted octanol–water partition coefficient (Wildman–Crippen LogP) is 0.846. The molecule has 0 saturated heterocycles. The molecular weight excluding hydrogens is 204 g/mol. The van der Waals surface area contributed by atoms with Gasteiger partial charge in [0.25, 0.3) is 0 Å². The van der Waals surface area contributed by atoms with Gasteiger partial charge in [-0.15, -0.1) is 0 Å². The molecule has 0 radical (unpaired) electrons. The van der Waals surface area contributed by atoms with Crippen LogP contribution in [0, 0.1) is 0 Å². The van der Waals surface area contributed by atoms with Gasteiger partial charge in [0.05, 0.1) is 12.8 Å². The van der Waals surface area contributed by atoms with E-state index in [0.29, 0.717) is 24.2 Å². The van der Waals surface area contributed by atoms with Crippen molar-refractivity contribution in [1.82, 2.24) is 4.98 Å². The van der Waals surface area contributed by atoms with Gasteiger partial charge in [0, 0.05) is 25.2 Å². The number of nitrogen functional groups attached to an aromatic ring is 1. The first-order chi connectivity index (χ1) is 7.60. The number of hydrogen-bond acceptors (Lipinski definition) is 5. The summed E-state index contributed by atoms with van der Waals surface area (Å²) in [4.78, 5) is 6.42. The minimum absolute atomic E-state index is 0.297. The molecule has 90 valence electrons. The third-order valence-corrected chi connectivity index (χ3v) is 2.35. The van der Waals surface area contributed by atoms with Crippen LogP contribution >= 0.6 is 0 Å². The summed E-state index contributed by atoms with van der Waals surface area (Å²) in [5.74, 6) is 1.30. The zero-order valence-electron chi connectivity index (χ0n) is 10.1. The molecule has 0 amide bonds. The largest absolute Gasteiger partial charge is 0.481 e. The highest BCUT2D eigenvalue weighted by Crippen LogP contribution is 2.24. The fourth-order valence-corrected chi connectivity index (χ4v) is 1.53. The second kappa shape index (κ2) is 5.55. The summed E-state index contributed by atoms with van der Waals surface area (Å²) in [7, 11) is 1.59. The fraction of sp³-hybridized carbons (Fsp3) is 0.545. The van der Waals surface area contributed by atoms with Gasteiger partial charge < -0.3 is 21.1 Å². The Kier molecular flexibility index (Phi) is 4.37. The lowest BCUT2D eigenvalue weighted by Crippen LogP contribution is -2.36. The molecule has 0 spiro atoms. The molecule has 5 nitrogen and oxygen atoms in total. The van der Waals surface area contributed by atoms with Gasteiger partial charge in [0.2, 0.25) is 5.88 Å². The summed E-state index contributed by atoms with van der Waals surface area (Å²) >= 11 is 0. The molecule has 0 atom stereocenters. The zero-order valence-corrected chi connectivity index (χ0v) is 10.1. The lowest BCUT2D eigenvalue weighted by atomic mass is 10.2. The standard InChI is InChI=1S/C11H20N4O/c1-8(2)15(7-6-12)11-9(13)4-5-10(14-11)16-3/h4-5,8H,6-7,12-13H2,1-3H3. The van der Waals surface area contributed by atoms with Crippen LogP contribution in [0.15, 0.2) is 12.1 Å². The molecule has 1 rings (SSSR count). The van der Waals surface area contributed by atoms with E-state index in [4.69, 9.17) is 16.2 Å². The van der Waals surface area contributed by atoms with E-state index in [1.54, 1.807) is 19.2 Å². The quantitative estimate of drug-likeness (QED) is 0.775. The van der Waals surface area contributed by atoms with Crippen LogP contribution in [0.25, 0.3) is 0 Å². The maximum Gasteiger partial charge on any atom is 0.215 e. The molecule has 1 heterocycles. The topological polar surface area (TPSA) is 77.4 Å². The van der Waals surface area contributed by atoms with Crippen LogP contribution < -0.4 is 21.1 Å². The highest BCUT2D eigenvalue weighted by Gasteiger charge is 2.14. The molecule has 0 aromatic carbocycles. The third kappa shape index (κ3) is 2.76. The molecule has 1 aromatic rings. The lowest BCUT2D eigenvalue weighted by Gasteiger charge is -2.28. The van der Waals surface area contributed by atoms with Crippen molar-refractivity contribution < 1.29 is 4.74 Å². The number of nitrogens with zero attached hydrogens (tertiary/aromatic N) is 2. The van der Waals surface area contributed by atoms with E-state index in [1.165, 1.54) is 0 Å². The number of hydrogen-bond donors (Lipinski definition) is 2. The Morgan fingerprint density at radius 3 is 2.62 bits per heavy atom. The normalized spacial score (nSPS) is 10.6. The maximum atomic E-state index is 5.91. The molecule has 1 aromatic heterocycles. The summed E-state index contributed by atoms with van der Waals surface area (Å²) < 4.78 is 5.09. The van der Waals surface area contributed by atoms with Crippen LogP contribution in [0.1, 0.15) is 13.8 Å². The molecule has 16 heavy (non-hydrogen) atoms. The van der Waals surface area contributed by atoms with Crippen molar-refractivity contribution in [3.63, 3.8) is 0 Å². The first-order valence-electron chi connectivity index (χ1n) is 5.37. The van der Waals surface area contributed by atoms with E-state index in [9.17, 15) is 0 Å². The smallest absolute Gasteiger partial charge is 0.215 e. The third-order valence-electron chi connectivity index (χ3n) is 2.35. The number of methoxy groups -OCH3 is 1. The van der Waals surface area contributed by atoms with Crippen molar-refractivity contribution in [3.05, 3.63) is 12.1 Å². The molecule has 5 heteroatoms. The van der Waals surface area contributed by atoms with Crippen LogP contribution in [-0.2, 0) is 0 Å². The summed E-state index contributed by atoms with van der Waals surface area (Å²) in [5.41, 5.74) is 12.1. The average Bonchev–Trinajstić information content (AvgIpc) is 2.27. The lowest BCUT2D eigenvalue weighted by molar-refractivity contribution is 0.397. The average molecular weight is 224 g/mol. The number of anilines is 2. The van der Waals surface area contributed by atoms with Crippen LogP contribution in [0.3, 0.4) is 0 Å². The summed E-state index contributed by atoms with van der Waals surface area (Å²) in [6.45, 7) is 5.45. The molecule has 0 aliphatic carbocycles. The molecule has 0 unspecified atom stereocenters. The Morgan fingerprint density at radius 2 is 2.12 bits per heavy atom. The number of ether oxygens (including phenoxy) is 1. The molecule has 0 fully saturated rings. The summed E-state index contributed by atoms with van der Waals surface area (Å²) in [6, 6.07) is 3.85. The number of rotatable bonds is 5. The van der Waals surface area contributed by atoms with E-state index in [2.05, 4.69) is 23.7 Å². The van der Waals surface area contributed by atoms with Crippen LogP contribution in [0.4, 0.5) is 11.5 Å². The Labute approximate surface area is 96.4 Å². The van der Waals surface area contributed by atoms with Gasteiger partial charge in [0.15, 0.2) is 5.82 Å². The molecule has 0 aliphatic rings. The van der Waals surface area contributed by atoms with E-state index in [1.807, 2.05) is 0 Å². The second-order valence-corrected chi connectivity index (χ2v) is 3.84. The first kappa shape index (κ1) is 12.6. The summed E-state index contributed by atoms with van der Waals surface area (Å²) in [5, 5.41) is 0. The molecule has 4 N–H and O–H groups in total. The second-order valence-electron chi connectivity index (χ2n) is 3.84. The van der Waals surface area contributed by atoms with Gasteiger partial charge in [-0.25, -0.2) is 0 Å². The van der Waals surface area contributed by atoms with Gasteiger partial charge in [-0.3, -0.25) is 0 Å². The van der Waals surface area contributed by atoms with E-state index in [0.717, 1.165) is 12.4 Å². The van der Waals surface area contributed by atoms with Crippen LogP contribution in [0.2, 0.25) is 0 Å². The molecule has 0 saturated carbocycles. The Hall–Kier alpha value is -1.49. The monoisotopic (exact) mass is 224 g/mol. The van der Waals surface area contributed by atoms with Crippen LogP contribution in [-0.4, -0.2) is 31.2 Å². The zero-order chi connectivity index (χ0) is 12.1. The number of nitrogens with two attached hydrogens (primary N) is 2. The van der Waals surface area contributed by atoms with Crippen molar-refractivity contribution in [3.8, 4) is 5.88 Å². The summed E-state index contributed by atoms with van der Waals surface area (Å²) in [6.07, 6.45) is 0. The predicted molar refractivity (Wildman–Crippen MR) is 66.7 cm³/mol. The molecule has 0 aliphatic heterocycles.